The van der Waals surface area contributed by atoms with Gasteiger partial charge in [0, 0.05) is 0 Å². The summed E-state index contributed by atoms with van der Waals surface area (Å²) in [6.07, 6.45) is 3.43. The van der Waals surface area contributed by atoms with E-state index in [1.54, 1.807) is 0 Å². The monoisotopic (exact) mass is 139 g/mol. The van der Waals surface area contributed by atoms with Gasteiger partial charge in [-0.1, -0.05) is 0 Å². The summed E-state index contributed by atoms with van der Waals surface area (Å²) in [5.41, 5.74) is 10.5. The molecule has 1 aliphatic rings. The first-order valence-electron chi connectivity index (χ1n) is 2.60. The molecule has 10 heavy (non-hydrogen) atoms. The fourth-order valence-electron chi connectivity index (χ4n) is 0.558. The molecule has 0 saturated carbocycles. The van der Waals surface area contributed by atoms with Gasteiger partial charge in [0.1, 0.15) is 12.2 Å². The third-order valence-electron chi connectivity index (χ3n) is 1.09. The lowest BCUT2D eigenvalue weighted by Gasteiger charge is -1.95. The van der Waals surface area contributed by atoms with Crippen LogP contribution in [-0.2, 0) is 0 Å². The van der Waals surface area contributed by atoms with E-state index < -0.39 is 0 Å². The van der Waals surface area contributed by atoms with Crippen LogP contribution in [0, 0.1) is 6.08 Å². The van der Waals surface area contributed by atoms with Crippen LogP contribution in [0.5, 0.6) is 0 Å². The topological polar surface area (TPSA) is 92.5 Å². The number of rotatable bonds is 0. The predicted octanol–water partition coefficient (Wildman–Crippen LogP) is -0.184. The zero-order valence-electron chi connectivity index (χ0n) is 5.13. The zero-order chi connectivity index (χ0) is 7.72. The number of nitrogens with two attached hydrogens (primary N) is 2. The minimum atomic E-state index is -0.216. The summed E-state index contributed by atoms with van der Waals surface area (Å²) in [6, 6.07) is 0. The quantitative estimate of drug-likeness (QED) is 0.350. The van der Waals surface area contributed by atoms with Crippen LogP contribution in [-0.4, -0.2) is 10.2 Å². The second kappa shape index (κ2) is 1.93. The molecule has 0 spiro atoms. The highest BCUT2D eigenvalue weighted by molar-refractivity contribution is 5.38. The van der Waals surface area contributed by atoms with E-state index in [4.69, 9.17) is 21.7 Å². The Kier molecular flexibility index (Phi) is 1.25. The summed E-state index contributed by atoms with van der Waals surface area (Å²) in [4.78, 5) is 0. The van der Waals surface area contributed by atoms with E-state index >= 15 is 0 Å². The van der Waals surface area contributed by atoms with E-state index in [2.05, 4.69) is 6.08 Å². The molecule has 0 amide bonds. The van der Waals surface area contributed by atoms with Crippen molar-refractivity contribution in [1.29, 1.82) is 0 Å². The summed E-state index contributed by atoms with van der Waals surface area (Å²) >= 11 is 0. The Hall–Kier alpha value is -1.67. The smallest absolute Gasteiger partial charge is 0.259 e. The van der Waals surface area contributed by atoms with Gasteiger partial charge in [0.05, 0.1) is 0 Å². The van der Waals surface area contributed by atoms with Crippen LogP contribution in [0.2, 0.25) is 0 Å². The second-order valence-electron chi connectivity index (χ2n) is 1.87. The molecule has 1 rings (SSSR count). The van der Waals surface area contributed by atoms with Crippen LogP contribution < -0.4 is 11.5 Å². The van der Waals surface area contributed by atoms with Crippen molar-refractivity contribution in [3.63, 3.8) is 0 Å². The first-order chi connectivity index (χ1) is 4.61. The highest BCUT2D eigenvalue weighted by Crippen LogP contribution is 2.12. The minimum Gasteiger partial charge on any atom is -0.446 e. The third-order valence-corrected chi connectivity index (χ3v) is 1.09. The summed E-state index contributed by atoms with van der Waals surface area (Å²) in [5, 5.41) is 17.7. The van der Waals surface area contributed by atoms with Crippen LogP contribution in [0.1, 0.15) is 0 Å². The molecule has 0 radical (unpaired) electrons. The van der Waals surface area contributed by atoms with Gasteiger partial charge in [-0.05, 0) is 0 Å². The van der Waals surface area contributed by atoms with Gasteiger partial charge in [-0.2, -0.15) is 0 Å². The molecule has 0 atom stereocenters. The van der Waals surface area contributed by atoms with Crippen LogP contribution >= 0.6 is 0 Å². The van der Waals surface area contributed by atoms with Gasteiger partial charge in [-0.25, -0.2) is 0 Å². The first kappa shape index (κ1) is 6.45. The highest BCUT2D eigenvalue weighted by atomic mass is 16.3. The van der Waals surface area contributed by atoms with E-state index in [0.717, 1.165) is 6.08 Å². The van der Waals surface area contributed by atoms with E-state index in [1.807, 2.05) is 0 Å². The van der Waals surface area contributed by atoms with Crippen LogP contribution in [0.3, 0.4) is 0 Å². The maximum Gasteiger partial charge on any atom is 0.259 e. The van der Waals surface area contributed by atoms with Gasteiger partial charge in [-0.15, -0.1) is 0 Å². The minimum absolute atomic E-state index is 0.0373. The standard InChI is InChI=1S/C6H6N2O2/c7-3-1-4(8)6(10)2-5(3)9/h2H,7-8H2,(H-,9,10)/p+1. The summed E-state index contributed by atoms with van der Waals surface area (Å²) in [6.45, 7) is 0. The van der Waals surface area contributed by atoms with Crippen molar-refractivity contribution < 1.29 is 10.2 Å². The Bertz CT molecular complexity index is 224. The van der Waals surface area contributed by atoms with Crippen molar-refractivity contribution in [2.75, 3.05) is 0 Å². The van der Waals surface area contributed by atoms with E-state index in [0.29, 0.717) is 0 Å². The lowest BCUT2D eigenvalue weighted by Crippen LogP contribution is -2.11. The molecule has 0 saturated heterocycles. The Morgan fingerprint density at radius 1 is 1.30 bits per heavy atom. The zero-order valence-corrected chi connectivity index (χ0v) is 5.13. The highest BCUT2D eigenvalue weighted by Gasteiger charge is 2.20. The molecule has 0 fully saturated rings. The molecule has 0 heterocycles. The second-order valence-corrected chi connectivity index (χ2v) is 1.87. The molecule has 0 bridgehead atoms. The molecular weight excluding hydrogens is 132 g/mol. The van der Waals surface area contributed by atoms with E-state index in [1.165, 1.54) is 0 Å². The van der Waals surface area contributed by atoms with Crippen molar-refractivity contribution in [3.05, 3.63) is 35.1 Å². The van der Waals surface area contributed by atoms with Crippen molar-refractivity contribution in [1.82, 2.24) is 0 Å². The normalized spacial score (nSPS) is 17.6. The number of allylic oxidation sites excluding steroid dienone is 2. The summed E-state index contributed by atoms with van der Waals surface area (Å²) < 4.78 is 0. The molecule has 4 nitrogen and oxygen atoms in total. The SMILES string of the molecule is NC1=[C+]C(N)=C(O)C=C1O. The van der Waals surface area contributed by atoms with E-state index in [-0.39, 0.29) is 22.9 Å². The van der Waals surface area contributed by atoms with Crippen LogP contribution in [0.15, 0.2) is 29.0 Å². The Labute approximate surface area is 57.8 Å². The molecule has 0 aliphatic heterocycles. The van der Waals surface area contributed by atoms with Crippen molar-refractivity contribution in [3.8, 4) is 0 Å². The lowest BCUT2D eigenvalue weighted by atomic mass is 10.2. The molecule has 4 heteroatoms. The van der Waals surface area contributed by atoms with Crippen molar-refractivity contribution >= 4 is 0 Å². The summed E-state index contributed by atoms with van der Waals surface area (Å²) in [5.74, 6) is -0.432. The summed E-state index contributed by atoms with van der Waals surface area (Å²) in [7, 11) is 0. The Morgan fingerprint density at radius 3 is 2.40 bits per heavy atom. The molecule has 1 aliphatic carbocycles. The van der Waals surface area contributed by atoms with Gasteiger partial charge in [0.15, 0.2) is 0 Å². The van der Waals surface area contributed by atoms with Gasteiger partial charge < -0.3 is 21.7 Å². The Morgan fingerprint density at radius 2 is 1.90 bits per heavy atom. The number of hydrogen-bond donors (Lipinski definition) is 4. The number of aliphatic hydroxyl groups excluding tert-OH is 2. The molecular formula is C6H7N2O2+. The van der Waals surface area contributed by atoms with Gasteiger partial charge >= 0.3 is 0 Å². The molecule has 6 N–H and O–H groups in total. The number of aliphatic hydroxyl groups is 2. The van der Waals surface area contributed by atoms with Crippen molar-refractivity contribution in [2.24, 2.45) is 11.5 Å². The molecule has 0 aromatic rings. The van der Waals surface area contributed by atoms with Gasteiger partial charge in [-0.3, -0.25) is 0 Å². The average molecular weight is 139 g/mol. The predicted molar refractivity (Wildman–Crippen MR) is 35.5 cm³/mol. The lowest BCUT2D eigenvalue weighted by molar-refractivity contribution is 0.390. The Balaban J connectivity index is 3.11. The fraction of sp³-hybridized carbons (Fsp3) is 0. The van der Waals surface area contributed by atoms with Crippen molar-refractivity contribution in [2.45, 2.75) is 0 Å². The molecule has 52 valence electrons. The third kappa shape index (κ3) is 0.876. The molecule has 0 aromatic carbocycles. The van der Waals surface area contributed by atoms with E-state index in [9.17, 15) is 0 Å². The van der Waals surface area contributed by atoms with Gasteiger partial charge in [0.25, 0.3) is 11.5 Å². The largest absolute Gasteiger partial charge is 0.446 e. The van der Waals surface area contributed by atoms with Gasteiger partial charge in [0.2, 0.25) is 11.4 Å². The fourth-order valence-corrected chi connectivity index (χ4v) is 0.558. The maximum atomic E-state index is 8.85. The van der Waals surface area contributed by atoms with Crippen LogP contribution in [0.25, 0.3) is 0 Å². The maximum absolute atomic E-state index is 8.85. The first-order valence-corrected chi connectivity index (χ1v) is 2.60. The number of hydrogen-bond acceptors (Lipinski definition) is 4. The van der Waals surface area contributed by atoms with Crippen LogP contribution in [0.4, 0.5) is 0 Å². The molecule has 0 aromatic heterocycles. The average Bonchev–Trinajstić information content (AvgIpc) is 1.84. The molecule has 0 unspecified atom stereocenters.